The summed E-state index contributed by atoms with van der Waals surface area (Å²) in [6.45, 7) is 0. The van der Waals surface area contributed by atoms with E-state index in [2.05, 4.69) is 10.3 Å². The molecule has 2 aromatic carbocycles. The third-order valence-corrected chi connectivity index (χ3v) is 3.96. The Labute approximate surface area is 147 Å². The van der Waals surface area contributed by atoms with Crippen LogP contribution in [-0.4, -0.2) is 10.9 Å². The van der Waals surface area contributed by atoms with Crippen LogP contribution in [0.15, 0.2) is 53.9 Å². The van der Waals surface area contributed by atoms with E-state index in [1.807, 2.05) is 17.5 Å². The van der Waals surface area contributed by atoms with Gasteiger partial charge in [-0.05, 0) is 30.3 Å². The lowest BCUT2D eigenvalue weighted by molar-refractivity contribution is 0.102. The minimum Gasteiger partial charge on any atom is -0.298 e. The van der Waals surface area contributed by atoms with Gasteiger partial charge in [0, 0.05) is 21.5 Å². The maximum Gasteiger partial charge on any atom is 0.257 e. The number of carbonyl (C=O) groups is 1. The summed E-state index contributed by atoms with van der Waals surface area (Å²) in [5.41, 5.74) is 1.91. The number of hydrogen-bond acceptors (Lipinski definition) is 3. The quantitative estimate of drug-likeness (QED) is 0.683. The van der Waals surface area contributed by atoms with Gasteiger partial charge in [0.25, 0.3) is 5.91 Å². The maximum atomic E-state index is 13.1. The lowest BCUT2D eigenvalue weighted by Crippen LogP contribution is -2.11. The molecule has 3 rings (SSSR count). The number of rotatable bonds is 3. The van der Waals surface area contributed by atoms with Gasteiger partial charge in [0.2, 0.25) is 0 Å². The Balaban J connectivity index is 0.00000192. The summed E-state index contributed by atoms with van der Waals surface area (Å²) in [7, 11) is 0. The molecule has 0 fully saturated rings. The van der Waals surface area contributed by atoms with Crippen LogP contribution in [0.3, 0.4) is 0 Å². The van der Waals surface area contributed by atoms with Crippen LogP contribution in [0.25, 0.3) is 11.3 Å². The molecule has 0 unspecified atom stereocenters. The largest absolute Gasteiger partial charge is 0.298 e. The van der Waals surface area contributed by atoms with Gasteiger partial charge in [-0.1, -0.05) is 29.8 Å². The van der Waals surface area contributed by atoms with Crippen molar-refractivity contribution in [1.29, 1.82) is 0 Å². The van der Waals surface area contributed by atoms with Crippen molar-refractivity contribution in [2.45, 2.75) is 0 Å². The lowest BCUT2D eigenvalue weighted by Gasteiger charge is -2.01. The highest BCUT2D eigenvalue weighted by Gasteiger charge is 2.10. The van der Waals surface area contributed by atoms with Gasteiger partial charge >= 0.3 is 0 Å². The molecule has 7 heteroatoms. The second kappa shape index (κ2) is 7.55. The molecule has 0 saturated heterocycles. The van der Waals surface area contributed by atoms with E-state index in [9.17, 15) is 9.18 Å². The minimum atomic E-state index is -0.450. The first-order valence-electron chi connectivity index (χ1n) is 6.40. The number of benzene rings is 2. The molecule has 1 heterocycles. The lowest BCUT2D eigenvalue weighted by atomic mass is 10.2. The number of nitrogens with zero attached hydrogens (tertiary/aromatic N) is 1. The van der Waals surface area contributed by atoms with E-state index in [1.54, 1.807) is 18.2 Å². The van der Waals surface area contributed by atoms with Gasteiger partial charge in [-0.25, -0.2) is 9.37 Å². The topological polar surface area (TPSA) is 42.0 Å². The van der Waals surface area contributed by atoms with Crippen LogP contribution < -0.4 is 5.32 Å². The summed E-state index contributed by atoms with van der Waals surface area (Å²) >= 11 is 7.15. The molecule has 0 radical (unpaired) electrons. The van der Waals surface area contributed by atoms with Gasteiger partial charge in [0.15, 0.2) is 5.13 Å². The first-order valence-corrected chi connectivity index (χ1v) is 7.66. The van der Waals surface area contributed by atoms with E-state index < -0.39 is 11.7 Å². The van der Waals surface area contributed by atoms with Crippen LogP contribution in [0.2, 0.25) is 5.02 Å². The number of amides is 1. The van der Waals surface area contributed by atoms with Crippen LogP contribution in [0.4, 0.5) is 9.52 Å². The van der Waals surface area contributed by atoms with E-state index >= 15 is 0 Å². The van der Waals surface area contributed by atoms with Crippen LogP contribution in [-0.2, 0) is 0 Å². The van der Waals surface area contributed by atoms with Gasteiger partial charge in [-0.3, -0.25) is 10.1 Å². The van der Waals surface area contributed by atoms with Gasteiger partial charge < -0.3 is 0 Å². The second-order valence-corrected chi connectivity index (χ2v) is 5.80. The predicted molar refractivity (Wildman–Crippen MR) is 94.2 cm³/mol. The number of halogens is 3. The van der Waals surface area contributed by atoms with Gasteiger partial charge in [-0.15, -0.1) is 23.7 Å². The molecule has 1 N–H and O–H groups in total. The summed E-state index contributed by atoms with van der Waals surface area (Å²) in [4.78, 5) is 16.4. The summed E-state index contributed by atoms with van der Waals surface area (Å²) in [6.07, 6.45) is 0. The molecule has 3 nitrogen and oxygen atoms in total. The van der Waals surface area contributed by atoms with Crippen molar-refractivity contribution < 1.29 is 9.18 Å². The van der Waals surface area contributed by atoms with Crippen LogP contribution >= 0.6 is 35.3 Å². The monoisotopic (exact) mass is 368 g/mol. The Kier molecular flexibility index (Phi) is 5.71. The summed E-state index contributed by atoms with van der Waals surface area (Å²) < 4.78 is 13.1. The fraction of sp³-hybridized carbons (Fsp3) is 0. The van der Waals surface area contributed by atoms with Crippen molar-refractivity contribution in [2.75, 3.05) is 5.32 Å². The van der Waals surface area contributed by atoms with Crippen LogP contribution in [0, 0.1) is 5.82 Å². The molecule has 0 saturated carbocycles. The molecule has 0 aliphatic carbocycles. The molecular formula is C16H11Cl2FN2OS. The highest BCUT2D eigenvalue weighted by Crippen LogP contribution is 2.26. The molecule has 23 heavy (non-hydrogen) atoms. The van der Waals surface area contributed by atoms with Gasteiger partial charge in [-0.2, -0.15) is 0 Å². The van der Waals surface area contributed by atoms with E-state index in [0.29, 0.717) is 10.2 Å². The van der Waals surface area contributed by atoms with E-state index in [-0.39, 0.29) is 18.0 Å². The number of carbonyl (C=O) groups excluding carboxylic acids is 1. The Morgan fingerprint density at radius 2 is 1.91 bits per heavy atom. The van der Waals surface area contributed by atoms with E-state index in [0.717, 1.165) is 11.3 Å². The van der Waals surface area contributed by atoms with Crippen molar-refractivity contribution in [3.8, 4) is 11.3 Å². The third kappa shape index (κ3) is 4.28. The molecule has 0 atom stereocenters. The number of aromatic nitrogens is 1. The standard InChI is InChI=1S/C16H10ClFN2OS.ClH/c17-12-6-4-10(5-7-12)14-9-22-16(19-14)20-15(21)11-2-1-3-13(18)8-11;/h1-9H,(H,19,20,21);1H. The molecule has 1 aromatic heterocycles. The zero-order valence-electron chi connectivity index (χ0n) is 11.6. The van der Waals surface area contributed by atoms with Crippen molar-refractivity contribution >= 4 is 46.4 Å². The van der Waals surface area contributed by atoms with Crippen LogP contribution in [0.1, 0.15) is 10.4 Å². The number of thiazole rings is 1. The maximum absolute atomic E-state index is 13.1. The summed E-state index contributed by atoms with van der Waals surface area (Å²) in [5, 5.41) is 5.61. The van der Waals surface area contributed by atoms with Gasteiger partial charge in [0.05, 0.1) is 5.69 Å². The van der Waals surface area contributed by atoms with E-state index in [4.69, 9.17) is 11.6 Å². The van der Waals surface area contributed by atoms with Crippen molar-refractivity contribution in [3.63, 3.8) is 0 Å². The molecule has 0 spiro atoms. The average molecular weight is 369 g/mol. The Bertz CT molecular complexity index is 821. The predicted octanol–water partition coefficient (Wildman–Crippen LogP) is 5.28. The smallest absolute Gasteiger partial charge is 0.257 e. The van der Waals surface area contributed by atoms with Crippen molar-refractivity contribution in [1.82, 2.24) is 4.98 Å². The Morgan fingerprint density at radius 3 is 2.61 bits per heavy atom. The number of anilines is 1. The average Bonchev–Trinajstić information content (AvgIpc) is 2.96. The highest BCUT2D eigenvalue weighted by molar-refractivity contribution is 7.14. The molecule has 0 bridgehead atoms. The first-order chi connectivity index (χ1) is 10.6. The number of nitrogens with one attached hydrogen (secondary N) is 1. The molecule has 0 aliphatic rings. The zero-order valence-corrected chi connectivity index (χ0v) is 14.0. The molecule has 0 aliphatic heterocycles. The van der Waals surface area contributed by atoms with Crippen LogP contribution in [0.5, 0.6) is 0 Å². The number of hydrogen-bond donors (Lipinski definition) is 1. The summed E-state index contributed by atoms with van der Waals surface area (Å²) in [5.74, 6) is -0.842. The van der Waals surface area contributed by atoms with E-state index in [1.165, 1.54) is 29.5 Å². The minimum absolute atomic E-state index is 0. The fourth-order valence-corrected chi connectivity index (χ4v) is 2.72. The Morgan fingerprint density at radius 1 is 1.17 bits per heavy atom. The first kappa shape index (κ1) is 17.4. The molecular weight excluding hydrogens is 358 g/mol. The normalized spacial score (nSPS) is 10.0. The van der Waals surface area contributed by atoms with Crippen molar-refractivity contribution in [2.24, 2.45) is 0 Å². The molecule has 118 valence electrons. The molecule has 1 amide bonds. The van der Waals surface area contributed by atoms with Gasteiger partial charge in [0.1, 0.15) is 5.82 Å². The fourth-order valence-electron chi connectivity index (χ4n) is 1.88. The second-order valence-electron chi connectivity index (χ2n) is 4.51. The SMILES string of the molecule is Cl.O=C(Nc1nc(-c2ccc(Cl)cc2)cs1)c1cccc(F)c1. The Hall–Kier alpha value is -1.95. The third-order valence-electron chi connectivity index (χ3n) is 2.95. The highest BCUT2D eigenvalue weighted by atomic mass is 35.5. The molecule has 3 aromatic rings. The zero-order chi connectivity index (χ0) is 15.5. The summed E-state index contributed by atoms with van der Waals surface area (Å²) in [6, 6.07) is 12.8. The van der Waals surface area contributed by atoms with Crippen molar-refractivity contribution in [3.05, 3.63) is 70.3 Å².